The predicted octanol–water partition coefficient (Wildman–Crippen LogP) is 4.60. The molecule has 2 aromatic carbocycles. The molecule has 0 N–H and O–H groups in total. The van der Waals surface area contributed by atoms with Gasteiger partial charge in [-0.2, -0.15) is 4.57 Å². The Balaban J connectivity index is 0.00000133. The number of halogens is 1. The van der Waals surface area contributed by atoms with Crippen LogP contribution in [0.4, 0.5) is 0 Å². The number of hydrogen-bond donors (Lipinski definition) is 0. The minimum Gasteiger partial charge on any atom is -0.179 e. The van der Waals surface area contributed by atoms with Crippen LogP contribution in [-0.4, -0.2) is 0 Å². The molecule has 0 fully saturated rings. The molecular formula is C15H15BrNS2+. The van der Waals surface area contributed by atoms with Crippen molar-refractivity contribution in [2.24, 2.45) is 7.05 Å². The fourth-order valence-electron chi connectivity index (χ4n) is 1.93. The smallest absolute Gasteiger partial charge is 0.179 e. The van der Waals surface area contributed by atoms with E-state index in [1.54, 1.807) is 0 Å². The van der Waals surface area contributed by atoms with Crippen LogP contribution in [0.25, 0.3) is 10.2 Å². The van der Waals surface area contributed by atoms with Crippen molar-refractivity contribution in [2.45, 2.75) is 10.1 Å². The number of thioether (sulfide) groups is 1. The third kappa shape index (κ3) is 3.19. The van der Waals surface area contributed by atoms with E-state index in [9.17, 15) is 0 Å². The second-order valence-corrected chi connectivity index (χ2v) is 6.42. The van der Waals surface area contributed by atoms with Gasteiger partial charge in [0.05, 0.1) is 0 Å². The number of fused-ring (bicyclic) bond motifs is 1. The first-order valence-electron chi connectivity index (χ1n) is 5.89. The molecule has 1 nitrogen and oxygen atoms in total. The standard InChI is InChI=1S/C15H14NS2.BrH/c1-16-13-9-5-6-10-14(13)18-15(16)17-11-12-7-3-2-4-8-12;/h2-10H,11H2,1H3;1H/q+1;. The molecule has 0 saturated heterocycles. The lowest BCUT2D eigenvalue weighted by Crippen LogP contribution is -2.28. The van der Waals surface area contributed by atoms with Gasteiger partial charge in [-0.05, 0) is 23.4 Å². The number of thiazole rings is 1. The van der Waals surface area contributed by atoms with Crippen molar-refractivity contribution in [3.8, 4) is 0 Å². The van der Waals surface area contributed by atoms with Crippen molar-refractivity contribution in [3.05, 3.63) is 60.2 Å². The molecule has 1 aromatic heterocycles. The summed E-state index contributed by atoms with van der Waals surface area (Å²) in [6.45, 7) is 0. The number of aromatic nitrogens is 1. The van der Waals surface area contributed by atoms with Gasteiger partial charge in [0.1, 0.15) is 11.7 Å². The summed E-state index contributed by atoms with van der Waals surface area (Å²) in [4.78, 5) is 0. The predicted molar refractivity (Wildman–Crippen MR) is 89.3 cm³/mol. The molecule has 1 heterocycles. The molecule has 98 valence electrons. The molecule has 0 amide bonds. The van der Waals surface area contributed by atoms with E-state index in [1.165, 1.54) is 20.1 Å². The summed E-state index contributed by atoms with van der Waals surface area (Å²) in [7, 11) is 2.14. The zero-order valence-corrected chi connectivity index (χ0v) is 13.9. The third-order valence-electron chi connectivity index (χ3n) is 2.90. The molecule has 0 aliphatic carbocycles. The van der Waals surface area contributed by atoms with Gasteiger partial charge in [-0.1, -0.05) is 53.8 Å². The highest BCUT2D eigenvalue weighted by molar-refractivity contribution is 8.93. The van der Waals surface area contributed by atoms with Crippen molar-refractivity contribution < 1.29 is 4.57 Å². The van der Waals surface area contributed by atoms with Gasteiger partial charge >= 0.3 is 0 Å². The number of benzene rings is 2. The first-order valence-corrected chi connectivity index (χ1v) is 7.69. The van der Waals surface area contributed by atoms with Crippen molar-refractivity contribution in [1.29, 1.82) is 0 Å². The van der Waals surface area contributed by atoms with Gasteiger partial charge in [-0.3, -0.25) is 0 Å². The molecule has 4 heteroatoms. The fraction of sp³-hybridized carbons (Fsp3) is 0.133. The molecule has 3 rings (SSSR count). The van der Waals surface area contributed by atoms with Crippen LogP contribution in [0.1, 0.15) is 5.56 Å². The molecule has 0 unspecified atom stereocenters. The van der Waals surface area contributed by atoms with E-state index in [0.717, 1.165) is 5.75 Å². The van der Waals surface area contributed by atoms with Gasteiger partial charge < -0.3 is 0 Å². The second-order valence-electron chi connectivity index (χ2n) is 4.17. The maximum absolute atomic E-state index is 2.29. The van der Waals surface area contributed by atoms with Crippen molar-refractivity contribution >= 4 is 50.3 Å². The highest BCUT2D eigenvalue weighted by Crippen LogP contribution is 2.29. The summed E-state index contributed by atoms with van der Waals surface area (Å²) in [6.07, 6.45) is 0. The van der Waals surface area contributed by atoms with Crippen LogP contribution in [0.15, 0.2) is 58.9 Å². The molecule has 0 bridgehead atoms. The monoisotopic (exact) mass is 352 g/mol. The van der Waals surface area contributed by atoms with Crippen molar-refractivity contribution in [3.63, 3.8) is 0 Å². The lowest BCUT2D eigenvalue weighted by Gasteiger charge is -1.96. The van der Waals surface area contributed by atoms with Crippen LogP contribution >= 0.6 is 40.1 Å². The molecule has 0 saturated carbocycles. The topological polar surface area (TPSA) is 3.88 Å². The van der Waals surface area contributed by atoms with E-state index in [0.29, 0.717) is 0 Å². The van der Waals surface area contributed by atoms with Gasteiger partial charge in [0.2, 0.25) is 5.52 Å². The molecule has 0 aliphatic rings. The Kier molecular flexibility index (Phi) is 5.02. The maximum atomic E-state index is 2.29. The van der Waals surface area contributed by atoms with Gasteiger partial charge in [0.15, 0.2) is 0 Å². The second kappa shape index (κ2) is 6.55. The minimum absolute atomic E-state index is 0. The van der Waals surface area contributed by atoms with E-state index in [2.05, 4.69) is 66.2 Å². The number of aryl methyl sites for hydroxylation is 1. The summed E-state index contributed by atoms with van der Waals surface area (Å²) >= 11 is 3.78. The van der Waals surface area contributed by atoms with Gasteiger partial charge in [0.25, 0.3) is 4.34 Å². The summed E-state index contributed by atoms with van der Waals surface area (Å²) in [6, 6.07) is 19.2. The zero-order valence-electron chi connectivity index (χ0n) is 10.6. The fourth-order valence-corrected chi connectivity index (χ4v) is 4.26. The van der Waals surface area contributed by atoms with Crippen LogP contribution in [-0.2, 0) is 12.8 Å². The average molecular weight is 353 g/mol. The average Bonchev–Trinajstić information content (AvgIpc) is 2.75. The highest BCUT2D eigenvalue weighted by Gasteiger charge is 2.16. The summed E-state index contributed by atoms with van der Waals surface area (Å²) in [5, 5.41) is 0. The van der Waals surface area contributed by atoms with E-state index in [1.807, 2.05) is 23.1 Å². The Bertz CT molecular complexity index is 664. The van der Waals surface area contributed by atoms with Crippen LogP contribution in [0.2, 0.25) is 0 Å². The SMILES string of the molecule is Br.C[n+]1c(SCc2ccccc2)sc2ccccc21. The summed E-state index contributed by atoms with van der Waals surface area (Å²) in [5.74, 6) is 1.03. The Hall–Kier alpha value is -0.840. The Morgan fingerprint density at radius 2 is 1.68 bits per heavy atom. The van der Waals surface area contributed by atoms with Gasteiger partial charge in [-0.15, -0.1) is 17.0 Å². The highest BCUT2D eigenvalue weighted by atomic mass is 79.9. The summed E-state index contributed by atoms with van der Waals surface area (Å²) < 4.78 is 5.00. The van der Waals surface area contributed by atoms with Crippen LogP contribution in [0, 0.1) is 0 Å². The van der Waals surface area contributed by atoms with Crippen LogP contribution in [0.5, 0.6) is 0 Å². The Labute approximate surface area is 132 Å². The van der Waals surface area contributed by atoms with Crippen molar-refractivity contribution in [1.82, 2.24) is 0 Å². The molecule has 0 radical (unpaired) electrons. The number of nitrogens with zero attached hydrogens (tertiary/aromatic N) is 1. The van der Waals surface area contributed by atoms with Crippen LogP contribution in [0.3, 0.4) is 0 Å². The van der Waals surface area contributed by atoms with E-state index < -0.39 is 0 Å². The first-order chi connectivity index (χ1) is 8.84. The number of rotatable bonds is 3. The maximum Gasteiger partial charge on any atom is 0.298 e. The largest absolute Gasteiger partial charge is 0.298 e. The molecule has 0 aliphatic heterocycles. The van der Waals surface area contributed by atoms with Gasteiger partial charge in [-0.25, -0.2) is 0 Å². The van der Waals surface area contributed by atoms with Crippen LogP contribution < -0.4 is 4.57 Å². The molecule has 3 aromatic rings. The summed E-state index contributed by atoms with van der Waals surface area (Å²) in [5.41, 5.74) is 2.69. The number of hydrogen-bond acceptors (Lipinski definition) is 2. The Morgan fingerprint density at radius 3 is 2.42 bits per heavy atom. The molecular weight excluding hydrogens is 338 g/mol. The van der Waals surface area contributed by atoms with E-state index >= 15 is 0 Å². The lowest BCUT2D eigenvalue weighted by molar-refractivity contribution is -0.676. The van der Waals surface area contributed by atoms with Crippen molar-refractivity contribution in [2.75, 3.05) is 0 Å². The zero-order chi connectivity index (χ0) is 12.4. The normalized spacial score (nSPS) is 10.4. The quantitative estimate of drug-likeness (QED) is 0.492. The lowest BCUT2D eigenvalue weighted by atomic mass is 10.2. The third-order valence-corrected chi connectivity index (χ3v) is 5.52. The number of para-hydroxylation sites is 1. The van der Waals surface area contributed by atoms with Gasteiger partial charge in [0, 0.05) is 11.8 Å². The van der Waals surface area contributed by atoms with E-state index in [4.69, 9.17) is 0 Å². The molecule has 0 spiro atoms. The Morgan fingerprint density at radius 1 is 1.00 bits per heavy atom. The first kappa shape index (κ1) is 14.6. The van der Waals surface area contributed by atoms with E-state index in [-0.39, 0.29) is 17.0 Å². The molecule has 0 atom stereocenters. The molecule has 19 heavy (non-hydrogen) atoms. The minimum atomic E-state index is 0.